The summed E-state index contributed by atoms with van der Waals surface area (Å²) in [7, 11) is 0. The average molecular weight is 432 g/mol. The number of carbonyl (C=O) groups excluding carboxylic acids is 1. The van der Waals surface area contributed by atoms with E-state index in [0.29, 0.717) is 23.0 Å². The van der Waals surface area contributed by atoms with Crippen molar-refractivity contribution in [3.8, 4) is 5.69 Å². The fraction of sp³-hybridized carbons (Fsp3) is 0.125. The Morgan fingerprint density at radius 3 is 2.65 bits per heavy atom. The number of H-pyrrole nitrogens is 1. The van der Waals surface area contributed by atoms with Crippen LogP contribution in [-0.4, -0.2) is 22.0 Å². The lowest BCUT2D eigenvalue weighted by atomic mass is 10.1. The summed E-state index contributed by atoms with van der Waals surface area (Å²) in [5, 5.41) is 0.565. The van der Waals surface area contributed by atoms with Crippen molar-refractivity contribution in [2.24, 2.45) is 0 Å². The summed E-state index contributed by atoms with van der Waals surface area (Å²) in [4.78, 5) is 43.4. The highest BCUT2D eigenvalue weighted by molar-refractivity contribution is 6.32. The third kappa shape index (κ3) is 3.16. The van der Waals surface area contributed by atoms with E-state index in [2.05, 4.69) is 11.1 Å². The van der Waals surface area contributed by atoms with Crippen molar-refractivity contribution in [1.29, 1.82) is 0 Å². The standard InChI is InChI=1S/C24H18ClN3O3/c1-14-6-9-20-15(12-14)10-11-27(20)22(29)16-7-8-18(25)21(13-16)28-23(30)17-4-2-3-5-19(17)26-24(28)31/h2-9,12-13H,10-11H2,1H3,(H,26,31). The molecule has 7 heteroatoms. The van der Waals surface area contributed by atoms with Crippen molar-refractivity contribution in [3.63, 3.8) is 0 Å². The summed E-state index contributed by atoms with van der Waals surface area (Å²) in [5.74, 6) is -0.203. The maximum Gasteiger partial charge on any atom is 0.333 e. The van der Waals surface area contributed by atoms with Crippen LogP contribution in [0.4, 0.5) is 5.69 Å². The van der Waals surface area contributed by atoms with Gasteiger partial charge in [0.05, 0.1) is 21.6 Å². The van der Waals surface area contributed by atoms with Crippen molar-refractivity contribution in [3.05, 3.63) is 103 Å². The fourth-order valence-corrected chi connectivity index (χ4v) is 4.30. The largest absolute Gasteiger partial charge is 0.333 e. The maximum atomic E-state index is 13.3. The third-order valence-corrected chi connectivity index (χ3v) is 5.93. The molecule has 1 amide bonds. The van der Waals surface area contributed by atoms with Crippen LogP contribution >= 0.6 is 11.6 Å². The summed E-state index contributed by atoms with van der Waals surface area (Å²) in [5.41, 5.74) is 3.03. The van der Waals surface area contributed by atoms with Crippen LogP contribution in [0.2, 0.25) is 5.02 Å². The molecule has 0 spiro atoms. The summed E-state index contributed by atoms with van der Waals surface area (Å²) in [6.45, 7) is 2.60. The molecule has 0 saturated carbocycles. The predicted octanol–water partition coefficient (Wildman–Crippen LogP) is 3.84. The second-order valence-corrected chi connectivity index (χ2v) is 8.03. The average Bonchev–Trinajstić information content (AvgIpc) is 3.17. The first-order chi connectivity index (χ1) is 14.9. The van der Waals surface area contributed by atoms with Crippen LogP contribution in [0.1, 0.15) is 21.5 Å². The minimum absolute atomic E-state index is 0.174. The van der Waals surface area contributed by atoms with E-state index in [4.69, 9.17) is 11.6 Å². The highest BCUT2D eigenvalue weighted by Crippen LogP contribution is 2.31. The number of amides is 1. The number of fused-ring (bicyclic) bond motifs is 2. The van der Waals surface area contributed by atoms with Gasteiger partial charge in [-0.15, -0.1) is 0 Å². The quantitative estimate of drug-likeness (QED) is 0.524. The van der Waals surface area contributed by atoms with Crippen LogP contribution in [0.25, 0.3) is 16.6 Å². The van der Waals surface area contributed by atoms with Crippen molar-refractivity contribution in [1.82, 2.24) is 9.55 Å². The van der Waals surface area contributed by atoms with Crippen molar-refractivity contribution < 1.29 is 4.79 Å². The number of rotatable bonds is 2. The van der Waals surface area contributed by atoms with E-state index in [-0.39, 0.29) is 16.6 Å². The summed E-state index contributed by atoms with van der Waals surface area (Å²) >= 11 is 6.35. The van der Waals surface area contributed by atoms with E-state index in [1.165, 1.54) is 12.1 Å². The molecule has 1 N–H and O–H groups in total. The van der Waals surface area contributed by atoms with E-state index >= 15 is 0 Å². The molecule has 0 unspecified atom stereocenters. The van der Waals surface area contributed by atoms with Crippen LogP contribution in [0.3, 0.4) is 0 Å². The number of benzene rings is 3. The van der Waals surface area contributed by atoms with Crippen molar-refractivity contribution >= 4 is 34.1 Å². The molecule has 2 heterocycles. The SMILES string of the molecule is Cc1ccc2c(c1)CCN2C(=O)c1ccc(Cl)c(-n2c(=O)[nH]c3ccccc3c2=O)c1. The second kappa shape index (κ2) is 7.25. The molecule has 0 radical (unpaired) electrons. The van der Waals surface area contributed by atoms with Gasteiger partial charge in [-0.05, 0) is 55.3 Å². The zero-order valence-electron chi connectivity index (χ0n) is 16.7. The van der Waals surface area contributed by atoms with Gasteiger partial charge in [-0.2, -0.15) is 0 Å². The molecule has 0 bridgehead atoms. The summed E-state index contributed by atoms with van der Waals surface area (Å²) in [6, 6.07) is 17.4. The predicted molar refractivity (Wildman–Crippen MR) is 122 cm³/mol. The van der Waals surface area contributed by atoms with Gasteiger partial charge < -0.3 is 9.88 Å². The Kier molecular flexibility index (Phi) is 4.52. The molecule has 1 aromatic heterocycles. The van der Waals surface area contributed by atoms with Gasteiger partial charge in [-0.1, -0.05) is 41.4 Å². The molecule has 3 aromatic carbocycles. The van der Waals surface area contributed by atoms with Crippen LogP contribution in [-0.2, 0) is 6.42 Å². The lowest BCUT2D eigenvalue weighted by Crippen LogP contribution is -2.34. The number of aryl methyl sites for hydroxylation is 1. The first kappa shape index (κ1) is 19.3. The number of nitrogens with one attached hydrogen (secondary N) is 1. The molecule has 154 valence electrons. The van der Waals surface area contributed by atoms with Crippen LogP contribution in [0.5, 0.6) is 0 Å². The molecule has 0 fully saturated rings. The highest BCUT2D eigenvalue weighted by atomic mass is 35.5. The Bertz CT molecular complexity index is 1490. The van der Waals surface area contributed by atoms with Crippen LogP contribution in [0, 0.1) is 6.92 Å². The van der Waals surface area contributed by atoms with E-state index in [1.807, 2.05) is 19.1 Å². The highest BCUT2D eigenvalue weighted by Gasteiger charge is 2.26. The molecule has 0 aliphatic carbocycles. The van der Waals surface area contributed by atoms with E-state index < -0.39 is 11.2 Å². The zero-order valence-corrected chi connectivity index (χ0v) is 17.4. The van der Waals surface area contributed by atoms with Gasteiger partial charge in [-0.25, -0.2) is 9.36 Å². The monoisotopic (exact) mass is 431 g/mol. The molecular formula is C24H18ClN3O3. The van der Waals surface area contributed by atoms with Gasteiger partial charge in [0.15, 0.2) is 0 Å². The Morgan fingerprint density at radius 1 is 1.00 bits per heavy atom. The number of hydrogen-bond acceptors (Lipinski definition) is 3. The van der Waals surface area contributed by atoms with Gasteiger partial charge in [0.1, 0.15) is 0 Å². The first-order valence-electron chi connectivity index (χ1n) is 9.89. The number of hydrogen-bond donors (Lipinski definition) is 1. The Balaban J connectivity index is 1.62. The Labute approximate surface area is 182 Å². The van der Waals surface area contributed by atoms with E-state index in [0.717, 1.165) is 27.8 Å². The topological polar surface area (TPSA) is 75.2 Å². The minimum Gasteiger partial charge on any atom is -0.308 e. The minimum atomic E-state index is -0.614. The van der Waals surface area contributed by atoms with Gasteiger partial charge in [0.25, 0.3) is 11.5 Å². The number of aromatic nitrogens is 2. The summed E-state index contributed by atoms with van der Waals surface area (Å²) in [6.07, 6.45) is 0.785. The van der Waals surface area contributed by atoms with Crippen LogP contribution in [0.15, 0.2) is 70.3 Å². The Morgan fingerprint density at radius 2 is 1.81 bits per heavy atom. The van der Waals surface area contributed by atoms with Gasteiger partial charge in [0, 0.05) is 17.8 Å². The normalized spacial score (nSPS) is 12.9. The molecule has 1 aliphatic heterocycles. The third-order valence-electron chi connectivity index (χ3n) is 5.61. The molecule has 0 saturated heterocycles. The van der Waals surface area contributed by atoms with Crippen LogP contribution < -0.4 is 16.1 Å². The van der Waals surface area contributed by atoms with E-state index in [9.17, 15) is 14.4 Å². The molecule has 5 rings (SSSR count). The van der Waals surface area contributed by atoms with Gasteiger partial charge >= 0.3 is 5.69 Å². The smallest absolute Gasteiger partial charge is 0.308 e. The lowest BCUT2D eigenvalue weighted by Gasteiger charge is -2.18. The number of aromatic amines is 1. The van der Waals surface area contributed by atoms with Crippen molar-refractivity contribution in [2.45, 2.75) is 13.3 Å². The number of nitrogens with zero attached hydrogens (tertiary/aromatic N) is 2. The van der Waals surface area contributed by atoms with Crippen molar-refractivity contribution in [2.75, 3.05) is 11.4 Å². The number of carbonyl (C=O) groups is 1. The number of halogens is 1. The maximum absolute atomic E-state index is 13.3. The number of anilines is 1. The molecule has 1 aliphatic rings. The van der Waals surface area contributed by atoms with Gasteiger partial charge in [-0.3, -0.25) is 9.59 Å². The molecule has 6 nitrogen and oxygen atoms in total. The summed E-state index contributed by atoms with van der Waals surface area (Å²) < 4.78 is 0.975. The van der Waals surface area contributed by atoms with E-state index in [1.54, 1.807) is 35.2 Å². The lowest BCUT2D eigenvalue weighted by molar-refractivity contribution is 0.0989. The van der Waals surface area contributed by atoms with Gasteiger partial charge in [0.2, 0.25) is 0 Å². The second-order valence-electron chi connectivity index (χ2n) is 7.62. The Hall–Kier alpha value is -3.64. The molecular weight excluding hydrogens is 414 g/mol. The zero-order chi connectivity index (χ0) is 21.7. The fourth-order valence-electron chi connectivity index (χ4n) is 4.10. The molecule has 4 aromatic rings. The molecule has 0 atom stereocenters. The number of para-hydroxylation sites is 1. The molecule has 31 heavy (non-hydrogen) atoms. The first-order valence-corrected chi connectivity index (χ1v) is 10.3.